The van der Waals surface area contributed by atoms with Gasteiger partial charge in [-0.3, -0.25) is 9.78 Å². The predicted molar refractivity (Wildman–Crippen MR) is 182 cm³/mol. The Morgan fingerprint density at radius 3 is 2.42 bits per heavy atom. The number of piperidine rings is 2. The molecule has 2 N–H and O–H groups in total. The summed E-state index contributed by atoms with van der Waals surface area (Å²) in [7, 11) is 2.01. The van der Waals surface area contributed by atoms with Crippen LogP contribution in [0, 0.1) is 17.2 Å². The maximum Gasteiger partial charge on any atom is 0.168 e. The first kappa shape index (κ1) is 34.7. The minimum absolute atomic E-state index is 0.0733. The minimum Gasteiger partial charge on any atom is -0.370 e. The van der Waals surface area contributed by atoms with Crippen LogP contribution in [-0.2, 0) is 9.47 Å². The topological polar surface area (TPSA) is 107 Å². The molecule has 0 bridgehead atoms. The van der Waals surface area contributed by atoms with Gasteiger partial charge in [0.1, 0.15) is 11.8 Å². The van der Waals surface area contributed by atoms with Crippen LogP contribution >= 0.6 is 11.6 Å². The molecule has 4 heterocycles. The number of pyridine rings is 1. The van der Waals surface area contributed by atoms with Crippen LogP contribution in [0.5, 0.6) is 0 Å². The van der Waals surface area contributed by atoms with Crippen LogP contribution in [0.25, 0.3) is 10.9 Å². The average Bonchev–Trinajstić information content (AvgIpc) is 3.54. The average molecular weight is 637 g/mol. The van der Waals surface area contributed by atoms with E-state index in [-0.39, 0.29) is 6.29 Å². The van der Waals surface area contributed by atoms with Crippen LogP contribution in [0.15, 0.2) is 36.7 Å². The Kier molecular flexibility index (Phi) is 14.0. The van der Waals surface area contributed by atoms with Gasteiger partial charge in [-0.1, -0.05) is 38.3 Å². The van der Waals surface area contributed by atoms with Crippen molar-refractivity contribution in [1.82, 2.24) is 15.3 Å². The van der Waals surface area contributed by atoms with E-state index in [0.717, 1.165) is 106 Å². The third kappa shape index (κ3) is 9.43. The summed E-state index contributed by atoms with van der Waals surface area (Å²) in [5.74, 6) is 0.451. The van der Waals surface area contributed by atoms with Crippen molar-refractivity contribution in [2.75, 3.05) is 56.2 Å². The highest BCUT2D eigenvalue weighted by molar-refractivity contribution is 6.36. The van der Waals surface area contributed by atoms with E-state index >= 15 is 0 Å². The van der Waals surface area contributed by atoms with Gasteiger partial charge in [0.2, 0.25) is 0 Å². The van der Waals surface area contributed by atoms with Gasteiger partial charge in [-0.2, -0.15) is 5.26 Å². The fourth-order valence-corrected chi connectivity index (χ4v) is 6.33. The summed E-state index contributed by atoms with van der Waals surface area (Å²) < 4.78 is 12.1. The molecule has 5 rings (SSSR count). The molecule has 0 spiro atoms. The predicted octanol–water partition coefficient (Wildman–Crippen LogP) is 6.95. The number of aldehydes is 1. The molecule has 1 atom stereocenters. The summed E-state index contributed by atoms with van der Waals surface area (Å²) in [6, 6.07) is 10.4. The van der Waals surface area contributed by atoms with Crippen LogP contribution in [0.4, 0.5) is 11.4 Å². The Balaban J connectivity index is 0.000000209. The molecule has 0 saturated carbocycles. The molecule has 244 valence electrons. The molecular formula is C35H49ClN6O3. The Labute approximate surface area is 273 Å². The van der Waals surface area contributed by atoms with E-state index in [9.17, 15) is 10.1 Å². The normalized spacial score (nSPS) is 17.3. The standard InChI is InChI=1S/C20H32N2O3.C15H17ClN4/c1-3-5-13-24-20(25-14-6-4-2)17-9-11-22(12-10-17)19-8-7-18(16-23)21-15-19;1-18-11-3-2-6-20(9-11)13-5-4-12(16)14-10(7-17)8-19-15(13)14/h7-8,15-17,20H,3-6,9-14H2,1-2H3;4-5,8,11,18-19H,2-3,6,9H2,1H3. The summed E-state index contributed by atoms with van der Waals surface area (Å²) in [4.78, 5) is 22.8. The van der Waals surface area contributed by atoms with Gasteiger partial charge in [-0.05, 0) is 69.8 Å². The molecule has 2 fully saturated rings. The van der Waals surface area contributed by atoms with E-state index in [1.165, 1.54) is 12.8 Å². The van der Waals surface area contributed by atoms with Crippen molar-refractivity contribution < 1.29 is 14.3 Å². The number of benzene rings is 1. The number of nitriles is 1. The fraction of sp³-hybridized carbons (Fsp3) is 0.571. The number of likely N-dealkylation sites (N-methyl/N-ethyl adjacent to an activating group) is 1. The SMILES string of the molecule is CCCCOC(OCCCC)C1CCN(c2ccc(C=O)nc2)CC1.CNC1CCCN(c2ccc(Cl)c3c(C#N)c[nH]c23)C1. The zero-order valence-electron chi connectivity index (χ0n) is 27.1. The number of aromatic amines is 1. The number of unbranched alkanes of at least 4 members (excludes halogenated alkanes) is 2. The lowest BCUT2D eigenvalue weighted by Gasteiger charge is -2.36. The van der Waals surface area contributed by atoms with E-state index in [2.05, 4.69) is 45.0 Å². The quantitative estimate of drug-likeness (QED) is 0.118. The number of hydrogen-bond donors (Lipinski definition) is 2. The second-order valence-corrected chi connectivity index (χ2v) is 12.3. The first-order valence-corrected chi connectivity index (χ1v) is 16.9. The number of carbonyl (C=O) groups excluding carboxylic acids is 1. The second kappa shape index (κ2) is 18.1. The van der Waals surface area contributed by atoms with Gasteiger partial charge in [0.05, 0.1) is 33.7 Å². The number of H-pyrrole nitrogens is 1. The van der Waals surface area contributed by atoms with Crippen LogP contribution < -0.4 is 15.1 Å². The van der Waals surface area contributed by atoms with Crippen LogP contribution in [0.2, 0.25) is 5.02 Å². The number of aromatic nitrogens is 2. The largest absolute Gasteiger partial charge is 0.370 e. The van der Waals surface area contributed by atoms with Gasteiger partial charge in [0.25, 0.3) is 0 Å². The Bertz CT molecular complexity index is 1360. The molecule has 2 aromatic heterocycles. The molecule has 1 unspecified atom stereocenters. The van der Waals surface area contributed by atoms with Gasteiger partial charge < -0.3 is 29.6 Å². The van der Waals surface area contributed by atoms with E-state index in [1.54, 1.807) is 18.5 Å². The van der Waals surface area contributed by atoms with Crippen LogP contribution in [0.1, 0.15) is 81.3 Å². The van der Waals surface area contributed by atoms with Gasteiger partial charge >= 0.3 is 0 Å². The van der Waals surface area contributed by atoms with Crippen molar-refractivity contribution in [2.24, 2.45) is 5.92 Å². The molecule has 2 aliphatic heterocycles. The molecule has 45 heavy (non-hydrogen) atoms. The van der Waals surface area contributed by atoms with Crippen molar-refractivity contribution >= 4 is 40.2 Å². The maximum absolute atomic E-state index is 10.7. The maximum atomic E-state index is 10.7. The van der Waals surface area contributed by atoms with Crippen LogP contribution in [-0.4, -0.2) is 75.0 Å². The Morgan fingerprint density at radius 2 is 1.82 bits per heavy atom. The highest BCUT2D eigenvalue weighted by Gasteiger charge is 2.28. The summed E-state index contributed by atoms with van der Waals surface area (Å²) in [6.07, 6.45) is 13.2. The molecule has 3 aromatic rings. The highest BCUT2D eigenvalue weighted by Crippen LogP contribution is 2.35. The molecule has 0 amide bonds. The third-order valence-corrected chi connectivity index (χ3v) is 9.11. The molecular weight excluding hydrogens is 588 g/mol. The fourth-order valence-electron chi connectivity index (χ4n) is 6.07. The molecule has 10 heteroatoms. The first-order valence-electron chi connectivity index (χ1n) is 16.5. The van der Waals surface area contributed by atoms with Crippen molar-refractivity contribution in [1.29, 1.82) is 5.26 Å². The monoisotopic (exact) mass is 636 g/mol. The van der Waals surface area contributed by atoms with Crippen molar-refractivity contribution in [3.8, 4) is 6.07 Å². The van der Waals surface area contributed by atoms with Crippen LogP contribution in [0.3, 0.4) is 0 Å². The lowest BCUT2D eigenvalue weighted by molar-refractivity contribution is -0.177. The summed E-state index contributed by atoms with van der Waals surface area (Å²) in [6.45, 7) is 9.88. The number of fused-ring (bicyclic) bond motifs is 1. The lowest BCUT2D eigenvalue weighted by atomic mass is 9.95. The molecule has 2 saturated heterocycles. The molecule has 2 aliphatic rings. The van der Waals surface area contributed by atoms with Crippen molar-refractivity contribution in [2.45, 2.75) is 77.5 Å². The number of nitrogens with zero attached hydrogens (tertiary/aromatic N) is 4. The number of halogens is 1. The molecule has 9 nitrogen and oxygen atoms in total. The zero-order valence-corrected chi connectivity index (χ0v) is 27.8. The smallest absolute Gasteiger partial charge is 0.168 e. The molecule has 0 radical (unpaired) electrons. The lowest BCUT2D eigenvalue weighted by Crippen LogP contribution is -2.44. The zero-order chi connectivity index (χ0) is 32.0. The summed E-state index contributed by atoms with van der Waals surface area (Å²) in [5.41, 5.74) is 4.26. The summed E-state index contributed by atoms with van der Waals surface area (Å²) >= 11 is 6.25. The number of hydrogen-bond acceptors (Lipinski definition) is 8. The number of rotatable bonds is 13. The van der Waals surface area contributed by atoms with Gasteiger partial charge in [0.15, 0.2) is 12.6 Å². The van der Waals surface area contributed by atoms with Crippen molar-refractivity contribution in [3.63, 3.8) is 0 Å². The van der Waals surface area contributed by atoms with E-state index in [0.29, 0.717) is 28.2 Å². The molecule has 0 aliphatic carbocycles. The van der Waals surface area contributed by atoms with Crippen molar-refractivity contribution in [3.05, 3.63) is 52.9 Å². The minimum atomic E-state index is -0.0733. The summed E-state index contributed by atoms with van der Waals surface area (Å²) in [5, 5.41) is 14.0. The number of nitrogens with one attached hydrogen (secondary N) is 2. The number of ether oxygens (including phenoxy) is 2. The van der Waals surface area contributed by atoms with Gasteiger partial charge in [-0.25, -0.2) is 0 Å². The van der Waals surface area contributed by atoms with E-state index < -0.39 is 0 Å². The van der Waals surface area contributed by atoms with E-state index in [1.807, 2.05) is 25.2 Å². The van der Waals surface area contributed by atoms with Gasteiger partial charge in [-0.15, -0.1) is 0 Å². The Morgan fingerprint density at radius 1 is 1.09 bits per heavy atom. The second-order valence-electron chi connectivity index (χ2n) is 11.9. The third-order valence-electron chi connectivity index (χ3n) is 8.79. The van der Waals surface area contributed by atoms with Gasteiger partial charge in [0, 0.05) is 62.9 Å². The number of anilines is 2. The van der Waals surface area contributed by atoms with E-state index in [4.69, 9.17) is 21.1 Å². The molecule has 1 aromatic carbocycles. The number of carbonyl (C=O) groups is 1. The first-order chi connectivity index (χ1) is 22.0. The highest BCUT2D eigenvalue weighted by atomic mass is 35.5. The Hall–Kier alpha value is -3.16.